The van der Waals surface area contributed by atoms with Crippen LogP contribution in [0.25, 0.3) is 0 Å². The van der Waals surface area contributed by atoms with Gasteiger partial charge >= 0.3 is 0 Å². The fourth-order valence-corrected chi connectivity index (χ4v) is 2.55. The van der Waals surface area contributed by atoms with E-state index in [-0.39, 0.29) is 0 Å². The molecule has 0 radical (unpaired) electrons. The van der Waals surface area contributed by atoms with Crippen molar-refractivity contribution in [2.45, 2.75) is 45.7 Å². The van der Waals surface area contributed by atoms with Gasteiger partial charge < -0.3 is 10.5 Å². The summed E-state index contributed by atoms with van der Waals surface area (Å²) >= 11 is 0. The molecule has 0 aliphatic carbocycles. The third kappa shape index (κ3) is 3.45. The smallest absolute Gasteiger partial charge is 0.118 e. The second kappa shape index (κ2) is 6.31. The maximum atomic E-state index is 6.55. The van der Waals surface area contributed by atoms with Crippen LogP contribution in [0, 0.1) is 0 Å². The van der Waals surface area contributed by atoms with Crippen molar-refractivity contribution in [1.82, 2.24) is 9.78 Å². The Morgan fingerprint density at radius 2 is 1.90 bits per heavy atom. The third-order valence-corrected chi connectivity index (χ3v) is 3.87. The lowest BCUT2D eigenvalue weighted by atomic mass is 9.88. The highest BCUT2D eigenvalue weighted by molar-refractivity contribution is 5.32. The number of nitrogens with two attached hydrogens (primary N) is 1. The van der Waals surface area contributed by atoms with Crippen molar-refractivity contribution < 1.29 is 4.74 Å². The van der Waals surface area contributed by atoms with Crippen LogP contribution in [0.15, 0.2) is 30.3 Å². The number of ether oxygens (including phenoxy) is 1. The van der Waals surface area contributed by atoms with Gasteiger partial charge in [-0.3, -0.25) is 4.68 Å². The van der Waals surface area contributed by atoms with Gasteiger partial charge in [0.25, 0.3) is 0 Å². The summed E-state index contributed by atoms with van der Waals surface area (Å²) < 4.78 is 7.25. The lowest BCUT2D eigenvalue weighted by Crippen LogP contribution is -2.36. The van der Waals surface area contributed by atoms with E-state index < -0.39 is 5.54 Å². The Morgan fingerprint density at radius 3 is 2.43 bits per heavy atom. The third-order valence-electron chi connectivity index (χ3n) is 3.87. The number of aryl methyl sites for hydroxylation is 2. The Balaban J connectivity index is 2.25. The highest BCUT2D eigenvalue weighted by atomic mass is 16.5. The number of methoxy groups -OCH3 is 1. The Bertz CT molecular complexity index is 585. The minimum absolute atomic E-state index is 0.426. The number of nitrogens with zero attached hydrogens (tertiary/aromatic N) is 2. The van der Waals surface area contributed by atoms with Crippen molar-refractivity contribution in [1.29, 1.82) is 0 Å². The van der Waals surface area contributed by atoms with E-state index in [1.807, 2.05) is 28.9 Å². The monoisotopic (exact) mass is 287 g/mol. The second-order valence-corrected chi connectivity index (χ2v) is 5.62. The molecule has 0 spiro atoms. The van der Waals surface area contributed by atoms with Gasteiger partial charge in [-0.15, -0.1) is 0 Å². The summed E-state index contributed by atoms with van der Waals surface area (Å²) in [6.45, 7) is 7.16. The molecule has 4 heteroatoms. The first-order chi connectivity index (χ1) is 10.00. The minimum Gasteiger partial charge on any atom is -0.497 e. The van der Waals surface area contributed by atoms with E-state index in [4.69, 9.17) is 10.5 Å². The summed E-state index contributed by atoms with van der Waals surface area (Å²) in [5, 5.41) is 4.59. The molecule has 4 nitrogen and oxygen atoms in total. The van der Waals surface area contributed by atoms with Crippen LogP contribution >= 0.6 is 0 Å². The molecule has 2 rings (SSSR count). The highest BCUT2D eigenvalue weighted by Crippen LogP contribution is 2.25. The molecule has 0 aliphatic rings. The zero-order valence-corrected chi connectivity index (χ0v) is 13.4. The number of rotatable bonds is 6. The summed E-state index contributed by atoms with van der Waals surface area (Å²) in [5.41, 5.74) is 9.54. The molecule has 1 aromatic carbocycles. The molecule has 114 valence electrons. The maximum Gasteiger partial charge on any atom is 0.118 e. The average Bonchev–Trinajstić information content (AvgIpc) is 2.88. The minimum atomic E-state index is -0.426. The number of hydrogen-bond donors (Lipinski definition) is 1. The van der Waals surface area contributed by atoms with Crippen molar-refractivity contribution in [3.63, 3.8) is 0 Å². The second-order valence-electron chi connectivity index (χ2n) is 5.62. The lowest BCUT2D eigenvalue weighted by molar-refractivity contribution is 0.413. The van der Waals surface area contributed by atoms with Gasteiger partial charge in [0.1, 0.15) is 5.75 Å². The van der Waals surface area contributed by atoms with E-state index in [0.717, 1.165) is 36.4 Å². The first-order valence-electron chi connectivity index (χ1n) is 7.49. The van der Waals surface area contributed by atoms with E-state index in [0.29, 0.717) is 0 Å². The van der Waals surface area contributed by atoms with Crippen LogP contribution in [0.5, 0.6) is 5.75 Å². The van der Waals surface area contributed by atoms with E-state index >= 15 is 0 Å². The van der Waals surface area contributed by atoms with Crippen LogP contribution in [-0.2, 0) is 24.9 Å². The first-order valence-corrected chi connectivity index (χ1v) is 7.49. The molecule has 1 atom stereocenters. The molecule has 21 heavy (non-hydrogen) atoms. The van der Waals surface area contributed by atoms with E-state index in [1.54, 1.807) is 7.11 Å². The zero-order valence-electron chi connectivity index (χ0n) is 13.4. The van der Waals surface area contributed by atoms with Crippen LogP contribution in [0.4, 0.5) is 0 Å². The van der Waals surface area contributed by atoms with Crippen molar-refractivity contribution in [3.05, 3.63) is 47.3 Å². The summed E-state index contributed by atoms with van der Waals surface area (Å²) in [6.07, 6.45) is 1.71. The van der Waals surface area contributed by atoms with Crippen molar-refractivity contribution >= 4 is 0 Å². The molecule has 0 bridgehead atoms. The van der Waals surface area contributed by atoms with Crippen molar-refractivity contribution in [3.8, 4) is 5.75 Å². The molecular weight excluding hydrogens is 262 g/mol. The molecule has 0 fully saturated rings. The van der Waals surface area contributed by atoms with Gasteiger partial charge in [-0.1, -0.05) is 19.1 Å². The van der Waals surface area contributed by atoms with Gasteiger partial charge in [-0.05, 0) is 44.0 Å². The molecule has 1 heterocycles. The van der Waals surface area contributed by atoms with Gasteiger partial charge in [0.15, 0.2) is 0 Å². The molecule has 1 unspecified atom stereocenters. The molecule has 1 aromatic heterocycles. The number of hydrogen-bond acceptors (Lipinski definition) is 3. The SMILES string of the molecule is CCc1cc(CC(C)(N)c2ccc(OC)cc2)n(CC)n1. The average molecular weight is 287 g/mol. The van der Waals surface area contributed by atoms with Gasteiger partial charge in [0.05, 0.1) is 12.8 Å². The fraction of sp³-hybridized carbons (Fsp3) is 0.471. The Hall–Kier alpha value is -1.81. The quantitative estimate of drug-likeness (QED) is 0.889. The predicted octanol–water partition coefficient (Wildman–Crippen LogP) is 2.89. The van der Waals surface area contributed by atoms with Crippen LogP contribution < -0.4 is 10.5 Å². The van der Waals surface area contributed by atoms with E-state index in [1.165, 1.54) is 5.69 Å². The van der Waals surface area contributed by atoms with Gasteiger partial charge in [-0.25, -0.2) is 0 Å². The Morgan fingerprint density at radius 1 is 1.24 bits per heavy atom. The predicted molar refractivity (Wildman–Crippen MR) is 85.5 cm³/mol. The summed E-state index contributed by atoms with van der Waals surface area (Å²) in [6, 6.07) is 10.1. The molecule has 2 aromatic rings. The van der Waals surface area contributed by atoms with Crippen molar-refractivity contribution in [2.24, 2.45) is 5.73 Å². The standard InChI is InChI=1S/C17H25N3O/c1-5-14-11-15(20(6-2)19-14)12-17(3,18)13-7-9-16(21-4)10-8-13/h7-11H,5-6,12,18H2,1-4H3. The number of benzene rings is 1. The summed E-state index contributed by atoms with van der Waals surface area (Å²) in [5.74, 6) is 0.849. The molecule has 0 aliphatic heterocycles. The largest absolute Gasteiger partial charge is 0.497 e. The Labute approximate surface area is 126 Å². The summed E-state index contributed by atoms with van der Waals surface area (Å²) in [4.78, 5) is 0. The zero-order chi connectivity index (χ0) is 15.5. The van der Waals surface area contributed by atoms with Crippen LogP contribution in [0.1, 0.15) is 37.7 Å². The van der Waals surface area contributed by atoms with Crippen LogP contribution in [-0.4, -0.2) is 16.9 Å². The molecule has 0 saturated heterocycles. The normalized spacial score (nSPS) is 14.0. The molecule has 0 amide bonds. The summed E-state index contributed by atoms with van der Waals surface area (Å²) in [7, 11) is 1.67. The van der Waals surface area contributed by atoms with E-state index in [9.17, 15) is 0 Å². The molecule has 2 N–H and O–H groups in total. The molecule has 0 saturated carbocycles. The maximum absolute atomic E-state index is 6.55. The van der Waals surface area contributed by atoms with Gasteiger partial charge in [-0.2, -0.15) is 5.10 Å². The van der Waals surface area contributed by atoms with Crippen LogP contribution in [0.2, 0.25) is 0 Å². The topological polar surface area (TPSA) is 53.1 Å². The number of aromatic nitrogens is 2. The van der Waals surface area contributed by atoms with Gasteiger partial charge in [0, 0.05) is 24.2 Å². The molecular formula is C17H25N3O. The Kier molecular flexibility index (Phi) is 4.68. The lowest BCUT2D eigenvalue weighted by Gasteiger charge is -2.25. The highest BCUT2D eigenvalue weighted by Gasteiger charge is 2.24. The fourth-order valence-electron chi connectivity index (χ4n) is 2.55. The van der Waals surface area contributed by atoms with E-state index in [2.05, 4.69) is 31.9 Å². The van der Waals surface area contributed by atoms with Crippen molar-refractivity contribution in [2.75, 3.05) is 7.11 Å². The van der Waals surface area contributed by atoms with Gasteiger partial charge in [0.2, 0.25) is 0 Å². The first kappa shape index (κ1) is 15.6. The van der Waals surface area contributed by atoms with Crippen LogP contribution in [0.3, 0.4) is 0 Å².